The van der Waals surface area contributed by atoms with Gasteiger partial charge in [-0.15, -0.1) is 0 Å². The number of hydrogen-bond acceptors (Lipinski definition) is 2. The molecule has 0 aliphatic heterocycles. The van der Waals surface area contributed by atoms with Gasteiger partial charge in [-0.25, -0.2) is 4.40 Å². The Bertz CT molecular complexity index is 145. The van der Waals surface area contributed by atoms with Crippen LogP contribution >= 0.6 is 11.9 Å². The van der Waals surface area contributed by atoms with Crippen molar-refractivity contribution in [1.82, 2.24) is 0 Å². The van der Waals surface area contributed by atoms with Crippen molar-refractivity contribution in [3.05, 3.63) is 0 Å². The van der Waals surface area contributed by atoms with Crippen LogP contribution in [-0.2, 0) is 0 Å². The van der Waals surface area contributed by atoms with Gasteiger partial charge in [0.1, 0.15) is 6.21 Å². The van der Waals surface area contributed by atoms with Crippen LogP contribution in [0.5, 0.6) is 0 Å². The second-order valence-electron chi connectivity index (χ2n) is 2.98. The lowest BCUT2D eigenvalue weighted by atomic mass is 10.3. The molecule has 66 valence electrons. The lowest BCUT2D eigenvalue weighted by molar-refractivity contribution is -0.0533. The summed E-state index contributed by atoms with van der Waals surface area (Å²) in [5, 5.41) is 0. The third kappa shape index (κ3) is 9.81. The van der Waals surface area contributed by atoms with Gasteiger partial charge in [-0.2, -0.15) is 13.2 Å². The Morgan fingerprint density at radius 1 is 1.18 bits per heavy atom. The van der Waals surface area contributed by atoms with Crippen molar-refractivity contribution in [3.8, 4) is 0 Å². The van der Waals surface area contributed by atoms with E-state index in [9.17, 15) is 13.2 Å². The number of nitrogens with zero attached hydrogens (tertiary/aromatic N) is 1. The van der Waals surface area contributed by atoms with Crippen LogP contribution in [0.15, 0.2) is 4.40 Å². The Labute approximate surface area is 68.2 Å². The van der Waals surface area contributed by atoms with Crippen LogP contribution in [0, 0.1) is 0 Å². The molecule has 0 aromatic heterocycles. The molecule has 0 fully saturated rings. The Balaban J connectivity index is 3.80. The topological polar surface area (TPSA) is 12.4 Å². The van der Waals surface area contributed by atoms with E-state index in [4.69, 9.17) is 0 Å². The number of hydrogen-bond donors (Lipinski definition) is 0. The van der Waals surface area contributed by atoms with E-state index < -0.39 is 6.18 Å². The number of rotatable bonds is 1. The molecule has 5 heteroatoms. The molecular weight excluding hydrogens is 175 g/mol. The molecule has 0 unspecified atom stereocenters. The minimum absolute atomic E-state index is 0.00289. The molecule has 1 nitrogen and oxygen atoms in total. The van der Waals surface area contributed by atoms with Crippen molar-refractivity contribution in [2.45, 2.75) is 31.7 Å². The van der Waals surface area contributed by atoms with Gasteiger partial charge in [-0.1, -0.05) is 0 Å². The third-order valence-corrected chi connectivity index (χ3v) is 1.28. The quantitative estimate of drug-likeness (QED) is 0.451. The molecule has 11 heavy (non-hydrogen) atoms. The summed E-state index contributed by atoms with van der Waals surface area (Å²) in [6.07, 6.45) is -4.29. The van der Waals surface area contributed by atoms with E-state index in [1.165, 1.54) is 0 Å². The zero-order chi connectivity index (χ0) is 9.12. The smallest absolute Gasteiger partial charge is 0.219 e. The molecule has 0 saturated carbocycles. The summed E-state index contributed by atoms with van der Waals surface area (Å²) in [7, 11) is 0. The van der Waals surface area contributed by atoms with E-state index in [2.05, 4.69) is 4.40 Å². The summed E-state index contributed by atoms with van der Waals surface area (Å²) in [5.74, 6) is 0. The highest BCUT2D eigenvalue weighted by molar-refractivity contribution is 7.99. The number of halogens is 3. The first kappa shape index (κ1) is 10.8. The van der Waals surface area contributed by atoms with Gasteiger partial charge in [0.2, 0.25) is 0 Å². The van der Waals surface area contributed by atoms with Crippen LogP contribution in [0.25, 0.3) is 0 Å². The molecule has 0 radical (unpaired) electrons. The van der Waals surface area contributed by atoms with Crippen LogP contribution in [0.1, 0.15) is 20.8 Å². The van der Waals surface area contributed by atoms with Gasteiger partial charge in [-0.05, 0) is 32.7 Å². The van der Waals surface area contributed by atoms with Crippen LogP contribution < -0.4 is 0 Å². The number of alkyl halides is 3. The van der Waals surface area contributed by atoms with Crippen LogP contribution in [0.2, 0.25) is 0 Å². The van der Waals surface area contributed by atoms with Gasteiger partial charge in [0.05, 0.1) is 0 Å². The zero-order valence-electron chi connectivity index (χ0n) is 6.57. The van der Waals surface area contributed by atoms with Gasteiger partial charge in [0.15, 0.2) is 0 Å². The zero-order valence-corrected chi connectivity index (χ0v) is 7.38. The Kier molecular flexibility index (Phi) is 3.41. The molecule has 0 aliphatic carbocycles. The highest BCUT2D eigenvalue weighted by atomic mass is 32.2. The summed E-state index contributed by atoms with van der Waals surface area (Å²) >= 11 is 0.910. The van der Waals surface area contributed by atoms with Crippen molar-refractivity contribution < 1.29 is 13.2 Å². The Morgan fingerprint density at radius 2 is 1.64 bits per heavy atom. The molecular formula is C6H10F3NS. The normalized spacial score (nSPS) is 14.4. The summed E-state index contributed by atoms with van der Waals surface area (Å²) in [6, 6.07) is 0. The van der Waals surface area contributed by atoms with Crippen LogP contribution in [0.4, 0.5) is 13.2 Å². The molecule has 0 aliphatic rings. The average molecular weight is 185 g/mol. The molecule has 0 spiro atoms. The molecule has 0 bridgehead atoms. The van der Waals surface area contributed by atoms with Gasteiger partial charge >= 0.3 is 6.18 Å². The second kappa shape index (κ2) is 3.47. The van der Waals surface area contributed by atoms with Crippen molar-refractivity contribution in [2.24, 2.45) is 4.40 Å². The third-order valence-electron chi connectivity index (χ3n) is 0.526. The minimum Gasteiger partial charge on any atom is -0.219 e. The minimum atomic E-state index is -4.29. The monoisotopic (exact) mass is 185 g/mol. The molecule has 0 N–H and O–H groups in total. The van der Waals surface area contributed by atoms with Gasteiger partial charge in [-0.3, -0.25) is 0 Å². The molecule has 0 heterocycles. The summed E-state index contributed by atoms with van der Waals surface area (Å²) in [6.45, 7) is 5.39. The van der Waals surface area contributed by atoms with Crippen molar-refractivity contribution in [1.29, 1.82) is 0 Å². The van der Waals surface area contributed by atoms with Crippen molar-refractivity contribution in [2.75, 3.05) is 0 Å². The van der Waals surface area contributed by atoms with E-state index in [0.717, 1.165) is 11.9 Å². The van der Waals surface area contributed by atoms with Gasteiger partial charge in [0.25, 0.3) is 0 Å². The first-order chi connectivity index (χ1) is 4.71. The first-order valence-corrected chi connectivity index (χ1v) is 3.77. The first-order valence-electron chi connectivity index (χ1n) is 3.00. The maximum atomic E-state index is 11.5. The van der Waals surface area contributed by atoms with Crippen molar-refractivity contribution >= 4 is 18.2 Å². The predicted octanol–water partition coefficient (Wildman–Crippen LogP) is 3.07. The predicted molar refractivity (Wildman–Crippen MR) is 41.9 cm³/mol. The lowest BCUT2D eigenvalue weighted by Gasteiger charge is -2.12. The SMILES string of the molecule is CC(C)(C)S/N=C/C(F)(F)F. The Morgan fingerprint density at radius 3 is 1.91 bits per heavy atom. The highest BCUT2D eigenvalue weighted by Gasteiger charge is 2.24. The molecule has 0 saturated heterocycles. The summed E-state index contributed by atoms with van der Waals surface area (Å²) in [4.78, 5) is 0. The maximum Gasteiger partial charge on any atom is 0.427 e. The van der Waals surface area contributed by atoms with E-state index in [1.807, 2.05) is 0 Å². The molecule has 0 atom stereocenters. The lowest BCUT2D eigenvalue weighted by Crippen LogP contribution is -2.10. The van der Waals surface area contributed by atoms with E-state index in [-0.39, 0.29) is 11.0 Å². The highest BCUT2D eigenvalue weighted by Crippen LogP contribution is 2.24. The maximum absolute atomic E-state index is 11.5. The van der Waals surface area contributed by atoms with E-state index >= 15 is 0 Å². The molecule has 0 aromatic rings. The Hall–Kier alpha value is -0.190. The molecule has 0 amide bonds. The largest absolute Gasteiger partial charge is 0.427 e. The van der Waals surface area contributed by atoms with E-state index in [0.29, 0.717) is 0 Å². The van der Waals surface area contributed by atoms with Gasteiger partial charge < -0.3 is 0 Å². The fraction of sp³-hybridized carbons (Fsp3) is 0.833. The molecule has 0 aromatic carbocycles. The average Bonchev–Trinajstić information content (AvgIpc) is 1.55. The van der Waals surface area contributed by atoms with E-state index in [1.54, 1.807) is 20.8 Å². The summed E-state index contributed by atoms with van der Waals surface area (Å²) in [5.41, 5.74) is 0. The fourth-order valence-corrected chi connectivity index (χ4v) is 0.733. The summed E-state index contributed by atoms with van der Waals surface area (Å²) < 4.78 is 37.3. The van der Waals surface area contributed by atoms with Crippen LogP contribution in [0.3, 0.4) is 0 Å². The molecule has 0 rings (SSSR count). The van der Waals surface area contributed by atoms with Crippen LogP contribution in [-0.4, -0.2) is 17.1 Å². The fourth-order valence-electron chi connectivity index (χ4n) is 0.244. The van der Waals surface area contributed by atoms with Crippen molar-refractivity contribution in [3.63, 3.8) is 0 Å². The standard InChI is InChI=1S/C6H10F3NS/c1-5(2,3)11-10-4-6(7,8)9/h4H,1-3H3/b10-4+. The second-order valence-corrected chi connectivity index (χ2v) is 4.60. The van der Waals surface area contributed by atoms with Gasteiger partial charge in [0, 0.05) is 4.75 Å².